The highest BCUT2D eigenvalue weighted by atomic mass is 35.5. The molecular formula is C15H14ClFN4O2. The van der Waals surface area contributed by atoms with Gasteiger partial charge >= 0.3 is 0 Å². The fraction of sp³-hybridized carbons (Fsp3) is 0.267. The Morgan fingerprint density at radius 1 is 1.48 bits per heavy atom. The number of aryl methyl sites for hydroxylation is 2. The number of aromatic nitrogens is 2. The minimum atomic E-state index is -0.839. The predicted octanol–water partition coefficient (Wildman–Crippen LogP) is 2.95. The third kappa shape index (κ3) is 2.92. The van der Waals surface area contributed by atoms with E-state index in [4.69, 9.17) is 16.4 Å². The minimum Gasteiger partial charge on any atom is -0.382 e. The van der Waals surface area contributed by atoms with Crippen LogP contribution in [0.2, 0.25) is 5.02 Å². The second-order valence-corrected chi connectivity index (χ2v) is 5.64. The number of amides is 1. The summed E-state index contributed by atoms with van der Waals surface area (Å²) in [5.74, 6) is -0.869. The monoisotopic (exact) mass is 336 g/mol. The normalized spacial score (nSPS) is 16.9. The molecule has 0 bridgehead atoms. The molecular weight excluding hydrogens is 323 g/mol. The Bertz CT molecular complexity index is 763. The topological polar surface area (TPSA) is 79.4 Å². The first-order valence-corrected chi connectivity index (χ1v) is 7.34. The van der Waals surface area contributed by atoms with Crippen LogP contribution in [-0.2, 0) is 9.63 Å². The molecule has 1 aromatic heterocycles. The lowest BCUT2D eigenvalue weighted by Crippen LogP contribution is -2.28. The van der Waals surface area contributed by atoms with Gasteiger partial charge in [-0.1, -0.05) is 22.8 Å². The fourth-order valence-electron chi connectivity index (χ4n) is 2.38. The predicted molar refractivity (Wildman–Crippen MR) is 84.1 cm³/mol. The Morgan fingerprint density at radius 3 is 2.91 bits per heavy atom. The number of carbonyl (C=O) groups is 1. The molecule has 120 valence electrons. The van der Waals surface area contributed by atoms with Gasteiger partial charge in [0.25, 0.3) is 5.91 Å². The van der Waals surface area contributed by atoms with Gasteiger partial charge < -0.3 is 10.2 Å². The van der Waals surface area contributed by atoms with Gasteiger partial charge in [0.2, 0.25) is 6.10 Å². The number of nitrogens with zero attached hydrogens (tertiary/aromatic N) is 2. The lowest BCUT2D eigenvalue weighted by Gasteiger charge is -2.09. The van der Waals surface area contributed by atoms with Gasteiger partial charge in [0.15, 0.2) is 0 Å². The zero-order valence-electron chi connectivity index (χ0n) is 12.5. The molecule has 3 rings (SSSR count). The molecule has 0 saturated carbocycles. The summed E-state index contributed by atoms with van der Waals surface area (Å²) < 4.78 is 13.9. The summed E-state index contributed by atoms with van der Waals surface area (Å²) in [5, 5.41) is 13.6. The van der Waals surface area contributed by atoms with E-state index in [1.54, 1.807) is 19.9 Å². The Hall–Kier alpha value is -2.41. The highest BCUT2D eigenvalue weighted by molar-refractivity contribution is 6.34. The lowest BCUT2D eigenvalue weighted by atomic mass is 10.0. The summed E-state index contributed by atoms with van der Waals surface area (Å²) >= 11 is 6.00. The molecule has 0 saturated heterocycles. The van der Waals surface area contributed by atoms with E-state index in [1.165, 1.54) is 12.1 Å². The Kier molecular flexibility index (Phi) is 4.04. The second-order valence-electron chi connectivity index (χ2n) is 5.23. The van der Waals surface area contributed by atoms with Crippen LogP contribution in [0.4, 0.5) is 10.1 Å². The van der Waals surface area contributed by atoms with Crippen molar-refractivity contribution in [3.8, 4) is 0 Å². The average molecular weight is 337 g/mol. The summed E-state index contributed by atoms with van der Waals surface area (Å²) in [6, 6.07) is 4.36. The molecule has 1 aromatic carbocycles. The number of rotatable bonds is 3. The van der Waals surface area contributed by atoms with E-state index in [-0.39, 0.29) is 22.9 Å². The molecule has 0 spiro atoms. The first-order valence-electron chi connectivity index (χ1n) is 6.97. The van der Waals surface area contributed by atoms with Gasteiger partial charge in [0.1, 0.15) is 5.82 Å². The molecule has 0 unspecified atom stereocenters. The number of nitrogens with one attached hydrogen (secondary N) is 2. The number of benzene rings is 1. The van der Waals surface area contributed by atoms with E-state index in [0.29, 0.717) is 17.1 Å². The Balaban J connectivity index is 1.73. The van der Waals surface area contributed by atoms with Crippen LogP contribution < -0.4 is 5.32 Å². The van der Waals surface area contributed by atoms with Gasteiger partial charge in [-0.15, -0.1) is 0 Å². The largest absolute Gasteiger partial charge is 0.382 e. The fourth-order valence-corrected chi connectivity index (χ4v) is 2.65. The van der Waals surface area contributed by atoms with Crippen molar-refractivity contribution >= 4 is 28.9 Å². The summed E-state index contributed by atoms with van der Waals surface area (Å²) in [7, 11) is 0. The van der Waals surface area contributed by atoms with Crippen LogP contribution in [0.15, 0.2) is 23.4 Å². The van der Waals surface area contributed by atoms with Crippen LogP contribution in [0.1, 0.15) is 23.4 Å². The van der Waals surface area contributed by atoms with Crippen LogP contribution in [-0.4, -0.2) is 27.9 Å². The van der Waals surface area contributed by atoms with Gasteiger partial charge in [-0.25, -0.2) is 4.39 Å². The third-order valence-electron chi connectivity index (χ3n) is 3.59. The maximum atomic E-state index is 13.9. The Morgan fingerprint density at radius 2 is 2.26 bits per heavy atom. The molecule has 23 heavy (non-hydrogen) atoms. The van der Waals surface area contributed by atoms with E-state index in [0.717, 1.165) is 5.69 Å². The van der Waals surface area contributed by atoms with Crippen LogP contribution in [0.25, 0.3) is 0 Å². The molecule has 0 fully saturated rings. The summed E-state index contributed by atoms with van der Waals surface area (Å²) in [5.41, 5.74) is 2.50. The van der Waals surface area contributed by atoms with E-state index in [1.807, 2.05) is 0 Å². The van der Waals surface area contributed by atoms with Crippen LogP contribution >= 0.6 is 11.6 Å². The first kappa shape index (κ1) is 15.5. The van der Waals surface area contributed by atoms with Crippen molar-refractivity contribution in [2.45, 2.75) is 26.4 Å². The molecule has 0 radical (unpaired) electrons. The van der Waals surface area contributed by atoms with Crippen molar-refractivity contribution in [3.63, 3.8) is 0 Å². The van der Waals surface area contributed by atoms with Crippen LogP contribution in [0.3, 0.4) is 0 Å². The molecule has 2 heterocycles. The van der Waals surface area contributed by atoms with E-state index in [9.17, 15) is 9.18 Å². The van der Waals surface area contributed by atoms with Crippen LogP contribution in [0, 0.1) is 19.7 Å². The quantitative estimate of drug-likeness (QED) is 0.904. The van der Waals surface area contributed by atoms with Crippen molar-refractivity contribution in [2.24, 2.45) is 5.16 Å². The number of halogens is 2. The summed E-state index contributed by atoms with van der Waals surface area (Å²) in [6.07, 6.45) is -0.697. The number of carbonyl (C=O) groups excluding carboxylic acids is 1. The van der Waals surface area contributed by atoms with E-state index in [2.05, 4.69) is 20.7 Å². The van der Waals surface area contributed by atoms with Crippen molar-refractivity contribution in [2.75, 3.05) is 5.32 Å². The molecule has 0 aliphatic carbocycles. The summed E-state index contributed by atoms with van der Waals surface area (Å²) in [4.78, 5) is 17.4. The molecule has 1 atom stereocenters. The molecule has 1 amide bonds. The molecule has 1 aliphatic rings. The third-order valence-corrected chi connectivity index (χ3v) is 3.90. The van der Waals surface area contributed by atoms with Crippen molar-refractivity contribution in [1.82, 2.24) is 10.2 Å². The second kappa shape index (κ2) is 6.00. The Labute approximate surface area is 136 Å². The number of hydrogen-bond acceptors (Lipinski definition) is 4. The zero-order valence-corrected chi connectivity index (χ0v) is 13.2. The highest BCUT2D eigenvalue weighted by Gasteiger charge is 2.31. The van der Waals surface area contributed by atoms with Gasteiger partial charge in [-0.2, -0.15) is 5.10 Å². The van der Waals surface area contributed by atoms with Gasteiger partial charge in [-0.3, -0.25) is 9.89 Å². The average Bonchev–Trinajstić information content (AvgIpc) is 3.09. The van der Waals surface area contributed by atoms with Crippen LogP contribution in [0.5, 0.6) is 0 Å². The highest BCUT2D eigenvalue weighted by Crippen LogP contribution is 2.26. The number of hydrogen-bond donors (Lipinski definition) is 2. The maximum Gasteiger partial charge on any atom is 0.268 e. The molecule has 1 aliphatic heterocycles. The number of anilines is 1. The molecule has 2 aromatic rings. The lowest BCUT2D eigenvalue weighted by molar-refractivity contribution is -0.125. The van der Waals surface area contributed by atoms with E-state index < -0.39 is 11.9 Å². The smallest absolute Gasteiger partial charge is 0.268 e. The van der Waals surface area contributed by atoms with Crippen molar-refractivity contribution in [3.05, 3.63) is 46.0 Å². The maximum absolute atomic E-state index is 13.9. The molecule has 6 nitrogen and oxygen atoms in total. The molecule has 2 N–H and O–H groups in total. The van der Waals surface area contributed by atoms with Gasteiger partial charge in [0.05, 0.1) is 33.4 Å². The minimum absolute atomic E-state index is 0.141. The molecule has 8 heteroatoms. The SMILES string of the molecule is Cc1n[nH]c(C)c1NC(=O)[C@@H]1CC(c2c(F)cccc2Cl)=NO1. The van der Waals surface area contributed by atoms with Crippen molar-refractivity contribution < 1.29 is 14.0 Å². The van der Waals surface area contributed by atoms with Gasteiger partial charge in [-0.05, 0) is 26.0 Å². The standard InChI is InChI=1S/C15H14ClFN4O2/c1-7-14(8(2)20-19-7)18-15(22)12-6-11(21-23-12)13-9(16)4-3-5-10(13)17/h3-5,12H,6H2,1-2H3,(H,18,22)(H,19,20)/t12-/m0/s1. The number of oxime groups is 1. The van der Waals surface area contributed by atoms with Crippen molar-refractivity contribution in [1.29, 1.82) is 0 Å². The number of aromatic amines is 1. The number of H-pyrrole nitrogens is 1. The zero-order chi connectivity index (χ0) is 16.6. The van der Waals surface area contributed by atoms with Gasteiger partial charge in [0, 0.05) is 6.42 Å². The van der Waals surface area contributed by atoms with E-state index >= 15 is 0 Å². The summed E-state index contributed by atoms with van der Waals surface area (Å²) in [6.45, 7) is 3.57. The first-order chi connectivity index (χ1) is 11.0.